The molecule has 0 amide bonds. The lowest BCUT2D eigenvalue weighted by atomic mass is 9.74. The standard InChI is InChI=1S/C20H18ClNO3S/c1-9-16(22-19(26-9)10-3-5-11(21)6-4-10)14-17(23)13-12-7-8-20(2,25-12)15(13)18(14)24/h3-6,12-15H,7-8H2,1-2H3/t12-,13-,14?,15+,20+/m0/s1. The number of nitrogens with zero attached hydrogens (tertiary/aromatic N) is 1. The summed E-state index contributed by atoms with van der Waals surface area (Å²) in [5, 5.41) is 1.48. The van der Waals surface area contributed by atoms with Gasteiger partial charge in [-0.15, -0.1) is 11.3 Å². The first kappa shape index (κ1) is 16.6. The highest BCUT2D eigenvalue weighted by Gasteiger charge is 2.68. The van der Waals surface area contributed by atoms with Gasteiger partial charge in [0.25, 0.3) is 0 Å². The van der Waals surface area contributed by atoms with Crippen molar-refractivity contribution in [3.8, 4) is 10.6 Å². The van der Waals surface area contributed by atoms with Crippen molar-refractivity contribution in [2.75, 3.05) is 0 Å². The van der Waals surface area contributed by atoms with E-state index in [1.165, 1.54) is 11.3 Å². The molecule has 5 atom stereocenters. The number of halogens is 1. The fraction of sp³-hybridized carbons (Fsp3) is 0.450. The average Bonchev–Trinajstić information content (AvgIpc) is 3.30. The van der Waals surface area contributed by atoms with Crippen LogP contribution >= 0.6 is 22.9 Å². The summed E-state index contributed by atoms with van der Waals surface area (Å²) in [4.78, 5) is 31.9. The third-order valence-corrected chi connectivity index (χ3v) is 7.45. The highest BCUT2D eigenvalue weighted by atomic mass is 35.5. The second kappa shape index (κ2) is 5.47. The van der Waals surface area contributed by atoms with Gasteiger partial charge in [-0.3, -0.25) is 9.59 Å². The number of ether oxygens (including phenoxy) is 1. The van der Waals surface area contributed by atoms with E-state index in [1.807, 2.05) is 38.1 Å². The van der Waals surface area contributed by atoms with Gasteiger partial charge in [-0.25, -0.2) is 4.98 Å². The molecule has 134 valence electrons. The van der Waals surface area contributed by atoms with Gasteiger partial charge in [-0.1, -0.05) is 23.7 Å². The monoisotopic (exact) mass is 387 g/mol. The second-order valence-corrected chi connectivity index (χ2v) is 9.36. The number of thiazole rings is 1. The number of ketones is 2. The summed E-state index contributed by atoms with van der Waals surface area (Å²) in [6.07, 6.45) is 1.63. The van der Waals surface area contributed by atoms with E-state index in [9.17, 15) is 9.59 Å². The molecule has 5 rings (SSSR count). The summed E-state index contributed by atoms with van der Waals surface area (Å²) >= 11 is 7.48. The molecule has 2 aliphatic heterocycles. The van der Waals surface area contributed by atoms with Gasteiger partial charge in [0.1, 0.15) is 10.9 Å². The Labute approximate surface area is 160 Å². The fourth-order valence-electron chi connectivity index (χ4n) is 4.97. The van der Waals surface area contributed by atoms with E-state index in [4.69, 9.17) is 21.3 Å². The van der Waals surface area contributed by atoms with Crippen LogP contribution in [-0.2, 0) is 14.3 Å². The molecule has 0 spiro atoms. The molecular formula is C20H18ClNO3S. The molecule has 3 heterocycles. The van der Waals surface area contributed by atoms with Crippen molar-refractivity contribution in [3.63, 3.8) is 0 Å². The number of fused-ring (bicyclic) bond motifs is 5. The zero-order valence-electron chi connectivity index (χ0n) is 14.5. The number of benzene rings is 1. The largest absolute Gasteiger partial charge is 0.370 e. The maximum Gasteiger partial charge on any atom is 0.156 e. The third kappa shape index (κ3) is 2.14. The molecular weight excluding hydrogens is 370 g/mol. The van der Waals surface area contributed by atoms with Crippen LogP contribution < -0.4 is 0 Å². The highest BCUT2D eigenvalue weighted by molar-refractivity contribution is 7.15. The van der Waals surface area contributed by atoms with Crippen LogP contribution in [0.1, 0.15) is 36.3 Å². The van der Waals surface area contributed by atoms with Crippen LogP contribution in [0.15, 0.2) is 24.3 Å². The molecule has 1 saturated carbocycles. The number of Topliss-reactive ketones (excluding diaryl/α,β-unsaturated/α-hetero) is 2. The number of aromatic nitrogens is 1. The molecule has 26 heavy (non-hydrogen) atoms. The minimum Gasteiger partial charge on any atom is -0.370 e. The molecule has 2 aromatic rings. The molecule has 1 aromatic carbocycles. The van der Waals surface area contributed by atoms with Crippen LogP contribution in [0.4, 0.5) is 0 Å². The lowest BCUT2D eigenvalue weighted by Gasteiger charge is -2.26. The SMILES string of the molecule is Cc1sc(-c2ccc(Cl)cc2)nc1C1C(=O)[C@H]2[C@@H]3CC[C@@](C)(O3)[C@H]2C1=O. The van der Waals surface area contributed by atoms with Crippen LogP contribution in [0.2, 0.25) is 5.02 Å². The van der Waals surface area contributed by atoms with Crippen LogP contribution in [0.25, 0.3) is 10.6 Å². The molecule has 1 aliphatic carbocycles. The molecule has 6 heteroatoms. The van der Waals surface area contributed by atoms with Crippen LogP contribution in [0.3, 0.4) is 0 Å². The molecule has 1 aromatic heterocycles. The van der Waals surface area contributed by atoms with Crippen molar-refractivity contribution in [2.45, 2.75) is 44.3 Å². The Morgan fingerprint density at radius 1 is 1.23 bits per heavy atom. The lowest BCUT2D eigenvalue weighted by Crippen LogP contribution is -2.37. The third-order valence-electron chi connectivity index (χ3n) is 6.16. The zero-order valence-corrected chi connectivity index (χ0v) is 16.1. The van der Waals surface area contributed by atoms with Gasteiger partial charge in [0, 0.05) is 15.5 Å². The van der Waals surface area contributed by atoms with Crippen LogP contribution in [0.5, 0.6) is 0 Å². The Kier molecular flexibility index (Phi) is 3.49. The number of aryl methyl sites for hydroxylation is 1. The van der Waals surface area contributed by atoms with E-state index in [-0.39, 0.29) is 29.5 Å². The summed E-state index contributed by atoms with van der Waals surface area (Å²) in [7, 11) is 0. The van der Waals surface area contributed by atoms with Crippen molar-refractivity contribution in [3.05, 3.63) is 39.9 Å². The summed E-state index contributed by atoms with van der Waals surface area (Å²) in [5.41, 5.74) is 1.11. The van der Waals surface area contributed by atoms with Gasteiger partial charge in [-0.05, 0) is 38.8 Å². The Bertz CT molecular complexity index is 937. The molecule has 2 bridgehead atoms. The number of carbonyl (C=O) groups excluding carboxylic acids is 2. The van der Waals surface area contributed by atoms with Crippen LogP contribution in [-0.4, -0.2) is 28.3 Å². The Morgan fingerprint density at radius 3 is 2.65 bits per heavy atom. The molecule has 2 saturated heterocycles. The van der Waals surface area contributed by atoms with E-state index in [1.54, 1.807) is 0 Å². The van der Waals surface area contributed by atoms with Crippen molar-refractivity contribution >= 4 is 34.5 Å². The second-order valence-electron chi connectivity index (χ2n) is 7.72. The predicted octanol–water partition coefficient (Wildman–Crippen LogP) is 4.19. The minimum absolute atomic E-state index is 0.000700. The van der Waals surface area contributed by atoms with Crippen LogP contribution in [0, 0.1) is 18.8 Å². The number of hydrogen-bond acceptors (Lipinski definition) is 5. The van der Waals surface area contributed by atoms with Gasteiger partial charge in [-0.2, -0.15) is 0 Å². The number of hydrogen-bond donors (Lipinski definition) is 0. The fourth-order valence-corrected chi connectivity index (χ4v) is 6.05. The maximum atomic E-state index is 13.2. The van der Waals surface area contributed by atoms with Gasteiger partial charge in [0.05, 0.1) is 29.2 Å². The molecule has 0 N–H and O–H groups in total. The van der Waals surface area contributed by atoms with E-state index in [0.717, 1.165) is 28.3 Å². The van der Waals surface area contributed by atoms with E-state index in [0.29, 0.717) is 10.7 Å². The summed E-state index contributed by atoms with van der Waals surface area (Å²) < 4.78 is 6.00. The summed E-state index contributed by atoms with van der Waals surface area (Å²) in [6, 6.07) is 7.46. The smallest absolute Gasteiger partial charge is 0.156 e. The Morgan fingerprint density at radius 2 is 1.96 bits per heavy atom. The van der Waals surface area contributed by atoms with E-state index < -0.39 is 11.5 Å². The van der Waals surface area contributed by atoms with Crippen molar-refractivity contribution in [1.82, 2.24) is 4.98 Å². The Balaban J connectivity index is 1.54. The molecule has 3 fully saturated rings. The molecule has 3 aliphatic rings. The van der Waals surface area contributed by atoms with Gasteiger partial charge >= 0.3 is 0 Å². The number of carbonyl (C=O) groups is 2. The van der Waals surface area contributed by atoms with Gasteiger partial charge in [0.2, 0.25) is 0 Å². The first-order chi connectivity index (χ1) is 12.4. The zero-order chi connectivity index (χ0) is 18.2. The van der Waals surface area contributed by atoms with Crippen molar-refractivity contribution < 1.29 is 14.3 Å². The predicted molar refractivity (Wildman–Crippen MR) is 99.5 cm³/mol. The topological polar surface area (TPSA) is 56.3 Å². The summed E-state index contributed by atoms with van der Waals surface area (Å²) in [6.45, 7) is 3.92. The van der Waals surface area contributed by atoms with Gasteiger partial charge < -0.3 is 4.74 Å². The normalized spacial score (nSPS) is 35.3. The molecule has 0 radical (unpaired) electrons. The van der Waals surface area contributed by atoms with E-state index >= 15 is 0 Å². The summed E-state index contributed by atoms with van der Waals surface area (Å²) in [5.74, 6) is -1.32. The first-order valence-electron chi connectivity index (χ1n) is 8.87. The molecule has 1 unspecified atom stereocenters. The maximum absolute atomic E-state index is 13.2. The Hall–Kier alpha value is -1.56. The van der Waals surface area contributed by atoms with E-state index in [2.05, 4.69) is 0 Å². The molecule has 4 nitrogen and oxygen atoms in total. The van der Waals surface area contributed by atoms with Crippen molar-refractivity contribution in [2.24, 2.45) is 11.8 Å². The first-order valence-corrected chi connectivity index (χ1v) is 10.1. The van der Waals surface area contributed by atoms with Gasteiger partial charge in [0.15, 0.2) is 11.6 Å². The highest BCUT2D eigenvalue weighted by Crippen LogP contribution is 2.58. The van der Waals surface area contributed by atoms with Crippen molar-refractivity contribution in [1.29, 1.82) is 0 Å². The number of rotatable bonds is 2. The quantitative estimate of drug-likeness (QED) is 0.725. The minimum atomic E-state index is -0.730. The average molecular weight is 388 g/mol. The lowest BCUT2D eigenvalue weighted by molar-refractivity contribution is -0.129.